The molecule has 1 heterocycles. The lowest BCUT2D eigenvalue weighted by Gasteiger charge is -2.10. The second-order valence-corrected chi connectivity index (χ2v) is 4.40. The molecule has 19 heavy (non-hydrogen) atoms. The molecule has 0 unspecified atom stereocenters. The van der Waals surface area contributed by atoms with Gasteiger partial charge in [-0.25, -0.2) is 0 Å². The minimum Gasteiger partial charge on any atom is -0.325 e. The monoisotopic (exact) mass is 258 g/mol. The zero-order chi connectivity index (χ0) is 13.7. The Kier molecular flexibility index (Phi) is 4.30. The second-order valence-electron chi connectivity index (χ2n) is 4.40. The van der Waals surface area contributed by atoms with Gasteiger partial charge in [0.1, 0.15) is 0 Å². The largest absolute Gasteiger partial charge is 0.325 e. The highest BCUT2D eigenvalue weighted by Gasteiger charge is 2.10. The minimum atomic E-state index is -0.455. The molecule has 0 aliphatic carbocycles. The molecule has 3 N–H and O–H groups in total. The van der Waals surface area contributed by atoms with Crippen molar-refractivity contribution >= 4 is 11.6 Å². The van der Waals surface area contributed by atoms with E-state index in [1.807, 2.05) is 48.1 Å². The third kappa shape index (κ3) is 3.66. The van der Waals surface area contributed by atoms with Crippen molar-refractivity contribution in [1.29, 1.82) is 0 Å². The standard InChI is InChI=1S/C14H18N4O/c1-2-13(15)14(19)17-12-6-4-11(5-7-12)10-18-9-3-8-16-18/h3-9,13H,2,10,15H2,1H3,(H,17,19)/t13-/m0/s1. The lowest BCUT2D eigenvalue weighted by atomic mass is 10.2. The maximum atomic E-state index is 11.6. The smallest absolute Gasteiger partial charge is 0.241 e. The maximum Gasteiger partial charge on any atom is 0.241 e. The first kappa shape index (κ1) is 13.3. The molecule has 0 bridgehead atoms. The van der Waals surface area contributed by atoms with Crippen LogP contribution in [0.4, 0.5) is 5.69 Å². The van der Waals surface area contributed by atoms with Crippen LogP contribution in [0.3, 0.4) is 0 Å². The lowest BCUT2D eigenvalue weighted by molar-refractivity contribution is -0.117. The van der Waals surface area contributed by atoms with E-state index in [-0.39, 0.29) is 5.91 Å². The third-order valence-electron chi connectivity index (χ3n) is 2.90. The summed E-state index contributed by atoms with van der Waals surface area (Å²) in [6.07, 6.45) is 4.29. The summed E-state index contributed by atoms with van der Waals surface area (Å²) in [5.41, 5.74) is 7.55. The molecule has 0 radical (unpaired) electrons. The van der Waals surface area contributed by atoms with Gasteiger partial charge in [0.05, 0.1) is 12.6 Å². The van der Waals surface area contributed by atoms with Gasteiger partial charge >= 0.3 is 0 Å². The van der Waals surface area contributed by atoms with Crippen molar-refractivity contribution in [2.24, 2.45) is 5.73 Å². The molecule has 100 valence electrons. The number of nitrogens with zero attached hydrogens (tertiary/aromatic N) is 2. The molecular weight excluding hydrogens is 240 g/mol. The Morgan fingerprint density at radius 2 is 2.16 bits per heavy atom. The molecule has 0 saturated heterocycles. The summed E-state index contributed by atoms with van der Waals surface area (Å²) in [5.74, 6) is -0.151. The summed E-state index contributed by atoms with van der Waals surface area (Å²) in [6.45, 7) is 2.60. The Morgan fingerprint density at radius 3 is 2.74 bits per heavy atom. The topological polar surface area (TPSA) is 72.9 Å². The average molecular weight is 258 g/mol. The van der Waals surface area contributed by atoms with E-state index < -0.39 is 6.04 Å². The van der Waals surface area contributed by atoms with Gasteiger partial charge in [0.2, 0.25) is 5.91 Å². The van der Waals surface area contributed by atoms with Crippen LogP contribution in [0.2, 0.25) is 0 Å². The molecule has 5 nitrogen and oxygen atoms in total. The van der Waals surface area contributed by atoms with E-state index in [1.165, 1.54) is 0 Å². The molecule has 0 aliphatic heterocycles. The number of nitrogens with one attached hydrogen (secondary N) is 1. The van der Waals surface area contributed by atoms with Crippen molar-refractivity contribution in [2.75, 3.05) is 5.32 Å². The van der Waals surface area contributed by atoms with Gasteiger partial charge in [0, 0.05) is 18.1 Å². The molecule has 0 spiro atoms. The second kappa shape index (κ2) is 6.15. The molecule has 2 rings (SSSR count). The normalized spacial score (nSPS) is 12.1. The first-order valence-corrected chi connectivity index (χ1v) is 6.32. The number of nitrogens with two attached hydrogens (primary N) is 1. The zero-order valence-corrected chi connectivity index (χ0v) is 10.9. The first-order valence-electron chi connectivity index (χ1n) is 6.32. The number of rotatable bonds is 5. The number of carbonyl (C=O) groups excluding carboxylic acids is 1. The van der Waals surface area contributed by atoms with Crippen LogP contribution in [0.25, 0.3) is 0 Å². The molecule has 0 saturated carbocycles. The quantitative estimate of drug-likeness (QED) is 0.855. The van der Waals surface area contributed by atoms with E-state index in [1.54, 1.807) is 6.20 Å². The summed E-state index contributed by atoms with van der Waals surface area (Å²) in [5, 5.41) is 6.94. The number of carbonyl (C=O) groups is 1. The van der Waals surface area contributed by atoms with Gasteiger partial charge in [-0.15, -0.1) is 0 Å². The van der Waals surface area contributed by atoms with Gasteiger partial charge < -0.3 is 11.1 Å². The fraction of sp³-hybridized carbons (Fsp3) is 0.286. The summed E-state index contributed by atoms with van der Waals surface area (Å²) < 4.78 is 1.85. The van der Waals surface area contributed by atoms with Crippen LogP contribution < -0.4 is 11.1 Å². The van der Waals surface area contributed by atoms with E-state index in [4.69, 9.17) is 5.73 Å². The summed E-state index contributed by atoms with van der Waals surface area (Å²) in [6, 6.07) is 9.12. The van der Waals surface area contributed by atoms with Crippen LogP contribution in [-0.4, -0.2) is 21.7 Å². The molecule has 1 aromatic heterocycles. The Hall–Kier alpha value is -2.14. The van der Waals surface area contributed by atoms with E-state index in [9.17, 15) is 4.79 Å². The molecule has 1 amide bonds. The van der Waals surface area contributed by atoms with Gasteiger partial charge in [-0.05, 0) is 30.2 Å². The van der Waals surface area contributed by atoms with Crippen molar-refractivity contribution in [3.63, 3.8) is 0 Å². The van der Waals surface area contributed by atoms with E-state index in [2.05, 4.69) is 10.4 Å². The molecule has 2 aromatic rings. The van der Waals surface area contributed by atoms with E-state index in [0.717, 1.165) is 17.8 Å². The van der Waals surface area contributed by atoms with Crippen molar-refractivity contribution in [3.05, 3.63) is 48.3 Å². The fourth-order valence-electron chi connectivity index (χ4n) is 1.69. The zero-order valence-electron chi connectivity index (χ0n) is 10.9. The summed E-state index contributed by atoms with van der Waals surface area (Å²) >= 11 is 0. The molecular formula is C14H18N4O. The predicted octanol–water partition coefficient (Wildman–Crippen LogP) is 1.61. The number of hydrogen-bond donors (Lipinski definition) is 2. The van der Waals surface area contributed by atoms with Gasteiger partial charge in [-0.1, -0.05) is 19.1 Å². The summed E-state index contributed by atoms with van der Waals surface area (Å²) in [4.78, 5) is 11.6. The Bertz CT molecular complexity index is 519. The average Bonchev–Trinajstić information content (AvgIpc) is 2.93. The number of amides is 1. The van der Waals surface area contributed by atoms with Crippen LogP contribution in [0.5, 0.6) is 0 Å². The molecule has 0 fully saturated rings. The minimum absolute atomic E-state index is 0.151. The van der Waals surface area contributed by atoms with Crippen molar-refractivity contribution in [1.82, 2.24) is 9.78 Å². The van der Waals surface area contributed by atoms with Crippen LogP contribution in [-0.2, 0) is 11.3 Å². The van der Waals surface area contributed by atoms with Crippen LogP contribution in [0.15, 0.2) is 42.7 Å². The molecule has 0 aliphatic rings. The Labute approximate surface area is 112 Å². The lowest BCUT2D eigenvalue weighted by Crippen LogP contribution is -2.34. The van der Waals surface area contributed by atoms with Crippen LogP contribution in [0.1, 0.15) is 18.9 Å². The van der Waals surface area contributed by atoms with Gasteiger partial charge in [0.25, 0.3) is 0 Å². The number of benzene rings is 1. The van der Waals surface area contributed by atoms with Gasteiger partial charge in [0.15, 0.2) is 0 Å². The predicted molar refractivity (Wildman–Crippen MR) is 74.7 cm³/mol. The molecule has 1 atom stereocenters. The van der Waals surface area contributed by atoms with Crippen molar-refractivity contribution in [2.45, 2.75) is 25.9 Å². The SMILES string of the molecule is CC[C@H](N)C(=O)Nc1ccc(Cn2cccn2)cc1. The first-order chi connectivity index (χ1) is 9.19. The van der Waals surface area contributed by atoms with Crippen LogP contribution >= 0.6 is 0 Å². The maximum absolute atomic E-state index is 11.6. The van der Waals surface area contributed by atoms with Crippen LogP contribution in [0, 0.1) is 0 Å². The number of aromatic nitrogens is 2. The van der Waals surface area contributed by atoms with E-state index >= 15 is 0 Å². The highest BCUT2D eigenvalue weighted by Crippen LogP contribution is 2.11. The summed E-state index contributed by atoms with van der Waals surface area (Å²) in [7, 11) is 0. The van der Waals surface area contributed by atoms with Gasteiger partial charge in [-0.2, -0.15) is 5.10 Å². The van der Waals surface area contributed by atoms with Crippen molar-refractivity contribution in [3.8, 4) is 0 Å². The Balaban J connectivity index is 1.96. The third-order valence-corrected chi connectivity index (χ3v) is 2.90. The number of anilines is 1. The van der Waals surface area contributed by atoms with Crippen molar-refractivity contribution < 1.29 is 4.79 Å². The Morgan fingerprint density at radius 1 is 1.42 bits per heavy atom. The highest BCUT2D eigenvalue weighted by atomic mass is 16.2. The van der Waals surface area contributed by atoms with E-state index in [0.29, 0.717) is 6.42 Å². The van der Waals surface area contributed by atoms with Gasteiger partial charge in [-0.3, -0.25) is 9.48 Å². The number of hydrogen-bond acceptors (Lipinski definition) is 3. The molecule has 1 aromatic carbocycles. The fourth-order valence-corrected chi connectivity index (χ4v) is 1.69. The highest BCUT2D eigenvalue weighted by molar-refractivity contribution is 5.94. The molecule has 5 heteroatoms.